The van der Waals surface area contributed by atoms with Crippen molar-refractivity contribution in [3.63, 3.8) is 0 Å². The Hall–Kier alpha value is -2.45. The van der Waals surface area contributed by atoms with E-state index >= 15 is 0 Å². The first-order chi connectivity index (χ1) is 18.6. The van der Waals surface area contributed by atoms with Crippen LogP contribution < -0.4 is 10.6 Å². The number of piperidine rings is 1. The molecule has 0 bridgehead atoms. The van der Waals surface area contributed by atoms with E-state index in [1.165, 1.54) is 24.0 Å². The highest BCUT2D eigenvalue weighted by molar-refractivity contribution is 5.87. The van der Waals surface area contributed by atoms with E-state index in [1.54, 1.807) is 18.7 Å². The molecule has 3 rings (SSSR count). The Kier molecular flexibility index (Phi) is 11.8. The molecule has 0 saturated carbocycles. The van der Waals surface area contributed by atoms with Crippen LogP contribution in [0.15, 0.2) is 24.3 Å². The Bertz CT molecular complexity index is 929. The molecule has 0 radical (unpaired) electrons. The van der Waals surface area contributed by atoms with Crippen molar-refractivity contribution in [2.75, 3.05) is 26.2 Å². The largest absolute Gasteiger partial charge is 0.465 e. The number of amides is 1. The highest BCUT2D eigenvalue weighted by atomic mass is 16.6. The molecule has 2 aliphatic rings. The fourth-order valence-corrected chi connectivity index (χ4v) is 5.74. The fourth-order valence-electron chi connectivity index (χ4n) is 5.74. The monoisotopic (exact) mass is 543 g/mol. The van der Waals surface area contributed by atoms with E-state index in [0.29, 0.717) is 25.9 Å². The van der Waals surface area contributed by atoms with Gasteiger partial charge in [-0.1, -0.05) is 43.5 Å². The molecule has 1 aliphatic carbocycles. The zero-order valence-corrected chi connectivity index (χ0v) is 24.6. The van der Waals surface area contributed by atoms with E-state index in [0.717, 1.165) is 38.3 Å². The molecule has 2 atom stereocenters. The molecular formula is C31H49N3O5. The van der Waals surface area contributed by atoms with Crippen molar-refractivity contribution in [2.24, 2.45) is 5.92 Å². The van der Waals surface area contributed by atoms with Gasteiger partial charge in [-0.05, 0) is 96.9 Å². The van der Waals surface area contributed by atoms with E-state index < -0.39 is 23.7 Å². The van der Waals surface area contributed by atoms with Gasteiger partial charge in [0.05, 0.1) is 12.6 Å². The first-order valence-corrected chi connectivity index (χ1v) is 14.8. The molecule has 1 aromatic carbocycles. The number of rotatable bonds is 13. The maximum Gasteiger partial charge on any atom is 0.326 e. The van der Waals surface area contributed by atoms with Crippen molar-refractivity contribution in [1.82, 2.24) is 15.5 Å². The summed E-state index contributed by atoms with van der Waals surface area (Å²) >= 11 is 0. The lowest BCUT2D eigenvalue weighted by molar-refractivity contribution is -0.160. The first-order valence-electron chi connectivity index (χ1n) is 14.8. The highest BCUT2D eigenvalue weighted by Gasteiger charge is 2.35. The normalized spacial score (nSPS) is 17.8. The number of unbranched alkanes of at least 4 members (excludes halogenated alkanes) is 1. The Morgan fingerprint density at radius 1 is 1.08 bits per heavy atom. The third kappa shape index (κ3) is 9.91. The summed E-state index contributed by atoms with van der Waals surface area (Å²) in [5.74, 6) is -0.217. The Balaban J connectivity index is 1.65. The van der Waals surface area contributed by atoms with Crippen LogP contribution in [0.25, 0.3) is 0 Å². The number of esters is 2. The fraction of sp³-hybridized carbons (Fsp3) is 0.710. The predicted molar refractivity (Wildman–Crippen MR) is 152 cm³/mol. The zero-order valence-electron chi connectivity index (χ0n) is 24.6. The Morgan fingerprint density at radius 3 is 2.31 bits per heavy atom. The van der Waals surface area contributed by atoms with Gasteiger partial charge in [0, 0.05) is 6.04 Å². The molecule has 0 spiro atoms. The summed E-state index contributed by atoms with van der Waals surface area (Å²) in [5.41, 5.74) is 1.75. The molecule has 2 N–H and O–H groups in total. The molecule has 1 aromatic rings. The summed E-state index contributed by atoms with van der Waals surface area (Å²) in [4.78, 5) is 41.1. The van der Waals surface area contributed by atoms with Gasteiger partial charge in [0.15, 0.2) is 0 Å². The third-order valence-corrected chi connectivity index (χ3v) is 7.68. The van der Waals surface area contributed by atoms with E-state index in [4.69, 9.17) is 9.47 Å². The van der Waals surface area contributed by atoms with Crippen LogP contribution in [0, 0.1) is 5.92 Å². The van der Waals surface area contributed by atoms with Crippen molar-refractivity contribution < 1.29 is 23.9 Å². The number of carbonyl (C=O) groups is 3. The van der Waals surface area contributed by atoms with Crippen LogP contribution in [0.3, 0.4) is 0 Å². The van der Waals surface area contributed by atoms with Gasteiger partial charge in [0.2, 0.25) is 5.91 Å². The molecule has 1 amide bonds. The van der Waals surface area contributed by atoms with Crippen LogP contribution in [0.4, 0.5) is 0 Å². The first kappa shape index (κ1) is 31.1. The minimum atomic E-state index is -0.657. The van der Waals surface area contributed by atoms with Crippen molar-refractivity contribution in [3.05, 3.63) is 35.4 Å². The second-order valence-electron chi connectivity index (χ2n) is 12.1. The standard InChI is InChI=1S/C31H49N3O5/c1-6-38-30(37)27(14-10-7-11-23-15-17-32-18-16-23)33-22(2)29(36)34(21-28(35)39-31(3,4)5)26-19-24-12-8-9-13-25(24)20-26/h8-9,12-13,22-23,26-27,32-33H,6-7,10-11,14-21H2,1-5H3/t22-,27?/m0/s1. The number of fused-ring (bicyclic) bond motifs is 1. The van der Waals surface area contributed by atoms with Crippen LogP contribution >= 0.6 is 0 Å². The molecule has 8 heteroatoms. The molecule has 39 heavy (non-hydrogen) atoms. The number of hydrogen-bond donors (Lipinski definition) is 2. The van der Waals surface area contributed by atoms with E-state index in [9.17, 15) is 14.4 Å². The van der Waals surface area contributed by atoms with Gasteiger partial charge in [-0.2, -0.15) is 0 Å². The number of benzene rings is 1. The summed E-state index contributed by atoms with van der Waals surface area (Å²) in [6, 6.07) is 6.79. The second-order valence-corrected chi connectivity index (χ2v) is 12.1. The number of nitrogens with zero attached hydrogens (tertiary/aromatic N) is 1. The SMILES string of the molecule is CCOC(=O)C(CCCCC1CCNCC1)N[C@@H](C)C(=O)N(CC(=O)OC(C)(C)C)C1Cc2ccccc2C1. The number of carbonyl (C=O) groups excluding carboxylic acids is 3. The number of ether oxygens (including phenoxy) is 2. The Morgan fingerprint density at radius 2 is 1.72 bits per heavy atom. The molecule has 218 valence electrons. The van der Waals surface area contributed by atoms with Gasteiger partial charge in [0.25, 0.3) is 0 Å². The summed E-state index contributed by atoms with van der Waals surface area (Å²) in [6.45, 7) is 11.4. The molecule has 0 aromatic heterocycles. The zero-order chi connectivity index (χ0) is 28.4. The van der Waals surface area contributed by atoms with Gasteiger partial charge in [0.1, 0.15) is 18.2 Å². The summed E-state index contributed by atoms with van der Waals surface area (Å²) in [5, 5.41) is 6.66. The molecule has 1 aliphatic heterocycles. The maximum absolute atomic E-state index is 13.8. The Labute approximate surface area is 234 Å². The van der Waals surface area contributed by atoms with Crippen molar-refractivity contribution in [2.45, 2.75) is 110 Å². The molecule has 1 unspecified atom stereocenters. The molecular weight excluding hydrogens is 494 g/mol. The van der Waals surface area contributed by atoms with Crippen LogP contribution in [-0.4, -0.2) is 72.7 Å². The summed E-state index contributed by atoms with van der Waals surface area (Å²) in [6.07, 6.45) is 7.52. The number of hydrogen-bond acceptors (Lipinski definition) is 7. The molecule has 1 fully saturated rings. The molecule has 8 nitrogen and oxygen atoms in total. The summed E-state index contributed by atoms with van der Waals surface area (Å²) < 4.78 is 10.9. The van der Waals surface area contributed by atoms with Crippen molar-refractivity contribution in [3.8, 4) is 0 Å². The van der Waals surface area contributed by atoms with E-state index in [-0.39, 0.29) is 24.5 Å². The maximum atomic E-state index is 13.8. The average molecular weight is 544 g/mol. The lowest BCUT2D eigenvalue weighted by atomic mass is 9.92. The highest BCUT2D eigenvalue weighted by Crippen LogP contribution is 2.26. The van der Waals surface area contributed by atoms with Gasteiger partial charge >= 0.3 is 11.9 Å². The van der Waals surface area contributed by atoms with Crippen LogP contribution in [0.2, 0.25) is 0 Å². The van der Waals surface area contributed by atoms with Crippen LogP contribution in [0.5, 0.6) is 0 Å². The van der Waals surface area contributed by atoms with Gasteiger partial charge in [-0.15, -0.1) is 0 Å². The van der Waals surface area contributed by atoms with Gasteiger partial charge in [-0.25, -0.2) is 0 Å². The number of nitrogens with one attached hydrogen (secondary N) is 2. The van der Waals surface area contributed by atoms with Crippen molar-refractivity contribution in [1.29, 1.82) is 0 Å². The second kappa shape index (κ2) is 14.8. The summed E-state index contributed by atoms with van der Waals surface area (Å²) in [7, 11) is 0. The van der Waals surface area contributed by atoms with Crippen LogP contribution in [0.1, 0.15) is 84.3 Å². The smallest absolute Gasteiger partial charge is 0.326 e. The lowest BCUT2D eigenvalue weighted by Gasteiger charge is -2.33. The lowest BCUT2D eigenvalue weighted by Crippen LogP contribution is -2.55. The molecule has 1 heterocycles. The van der Waals surface area contributed by atoms with E-state index in [2.05, 4.69) is 22.8 Å². The van der Waals surface area contributed by atoms with E-state index in [1.807, 2.05) is 32.9 Å². The minimum Gasteiger partial charge on any atom is -0.465 e. The minimum absolute atomic E-state index is 0.124. The molecule has 1 saturated heterocycles. The third-order valence-electron chi connectivity index (χ3n) is 7.68. The topological polar surface area (TPSA) is 97.0 Å². The van der Waals surface area contributed by atoms with Crippen molar-refractivity contribution >= 4 is 17.8 Å². The van der Waals surface area contributed by atoms with Gasteiger partial charge < -0.3 is 19.7 Å². The predicted octanol–water partition coefficient (Wildman–Crippen LogP) is 3.79. The quantitative estimate of drug-likeness (QED) is 0.289. The van der Waals surface area contributed by atoms with Crippen LogP contribution in [-0.2, 0) is 36.7 Å². The average Bonchev–Trinajstić information content (AvgIpc) is 3.32. The van der Waals surface area contributed by atoms with Gasteiger partial charge in [-0.3, -0.25) is 19.7 Å².